The van der Waals surface area contributed by atoms with Crippen molar-refractivity contribution >= 4 is 11.9 Å². The summed E-state index contributed by atoms with van der Waals surface area (Å²) in [5.41, 5.74) is 3.18. The summed E-state index contributed by atoms with van der Waals surface area (Å²) in [6.45, 7) is 0. The Morgan fingerprint density at radius 1 is 0.938 bits per heavy atom. The van der Waals surface area contributed by atoms with Crippen LogP contribution in [0.1, 0.15) is 28.5 Å². The summed E-state index contributed by atoms with van der Waals surface area (Å²) in [5.74, 6) is -1.86. The Balaban J connectivity index is 1.56. The van der Waals surface area contributed by atoms with Crippen LogP contribution >= 0.6 is 0 Å². The van der Waals surface area contributed by atoms with Crippen molar-refractivity contribution in [3.05, 3.63) is 96.4 Å². The van der Waals surface area contributed by atoms with Crippen molar-refractivity contribution in [2.75, 3.05) is 0 Å². The van der Waals surface area contributed by atoms with Crippen LogP contribution in [0.4, 0.5) is 0 Å². The first kappa shape index (κ1) is 20.8. The molecule has 1 amide bonds. The Hall–Kier alpha value is -4.46. The molecule has 0 saturated carbocycles. The van der Waals surface area contributed by atoms with Crippen molar-refractivity contribution in [2.45, 2.75) is 12.5 Å². The molecule has 1 atom stereocenters. The van der Waals surface area contributed by atoms with Gasteiger partial charge in [-0.25, -0.2) is 4.68 Å². The van der Waals surface area contributed by atoms with E-state index in [2.05, 4.69) is 15.4 Å². The molecule has 0 radical (unpaired) electrons. The van der Waals surface area contributed by atoms with Crippen LogP contribution in [0.5, 0.6) is 5.88 Å². The van der Waals surface area contributed by atoms with Crippen LogP contribution in [0.25, 0.3) is 16.8 Å². The summed E-state index contributed by atoms with van der Waals surface area (Å²) in [7, 11) is 0. The number of carbonyl (C=O) groups is 2. The number of carbonyl (C=O) groups excluding carboxylic acids is 1. The maximum absolute atomic E-state index is 12.8. The molecule has 3 N–H and O–H groups in total. The van der Waals surface area contributed by atoms with E-state index in [1.165, 1.54) is 23.1 Å². The Bertz CT molecular complexity index is 1220. The number of rotatable bonds is 7. The lowest BCUT2D eigenvalue weighted by atomic mass is 9.99. The number of amides is 1. The van der Waals surface area contributed by atoms with E-state index < -0.39 is 17.9 Å². The van der Waals surface area contributed by atoms with Gasteiger partial charge in [0.05, 0.1) is 18.2 Å². The molecule has 4 rings (SSSR count). The molecule has 0 aliphatic heterocycles. The highest BCUT2D eigenvalue weighted by molar-refractivity contribution is 5.93. The van der Waals surface area contributed by atoms with Crippen LogP contribution < -0.4 is 5.32 Å². The number of nitrogens with zero attached hydrogens (tertiary/aromatic N) is 3. The van der Waals surface area contributed by atoms with Gasteiger partial charge in [0, 0.05) is 18.5 Å². The summed E-state index contributed by atoms with van der Waals surface area (Å²) in [4.78, 5) is 28.1. The molecule has 0 aliphatic carbocycles. The SMILES string of the molecule is O=C(O)CC(NC(=O)c1cc(O)n(-c2ccncc2)n1)c1ccc(-c2ccccc2)cc1. The van der Waals surface area contributed by atoms with Gasteiger partial charge < -0.3 is 15.5 Å². The molecule has 2 aromatic carbocycles. The lowest BCUT2D eigenvalue weighted by Crippen LogP contribution is -2.30. The second kappa shape index (κ2) is 9.13. The fourth-order valence-electron chi connectivity index (χ4n) is 3.35. The van der Waals surface area contributed by atoms with Crippen molar-refractivity contribution in [3.63, 3.8) is 0 Å². The molecule has 8 heteroatoms. The first-order valence-corrected chi connectivity index (χ1v) is 9.89. The van der Waals surface area contributed by atoms with Gasteiger partial charge in [-0.3, -0.25) is 14.6 Å². The second-order valence-corrected chi connectivity index (χ2v) is 7.12. The summed E-state index contributed by atoms with van der Waals surface area (Å²) in [5, 5.41) is 26.4. The standard InChI is InChI=1S/C24H20N4O4/c29-22-14-21(27-28(22)19-10-12-25-13-11-19)24(32)26-20(15-23(30)31)18-8-6-17(7-9-18)16-4-2-1-3-5-16/h1-14,20,29H,15H2,(H,26,32)(H,30,31). The van der Waals surface area contributed by atoms with Gasteiger partial charge in [0.1, 0.15) is 0 Å². The number of hydrogen-bond donors (Lipinski definition) is 3. The van der Waals surface area contributed by atoms with Crippen LogP contribution in [0.15, 0.2) is 85.2 Å². The number of benzene rings is 2. The normalized spacial score (nSPS) is 11.6. The average molecular weight is 428 g/mol. The van der Waals surface area contributed by atoms with Gasteiger partial charge in [0.2, 0.25) is 5.88 Å². The highest BCUT2D eigenvalue weighted by Gasteiger charge is 2.22. The van der Waals surface area contributed by atoms with Gasteiger partial charge in [-0.05, 0) is 28.8 Å². The van der Waals surface area contributed by atoms with E-state index >= 15 is 0 Å². The molecule has 0 bridgehead atoms. The Morgan fingerprint density at radius 2 is 1.59 bits per heavy atom. The van der Waals surface area contributed by atoms with Gasteiger partial charge in [-0.1, -0.05) is 54.6 Å². The first-order valence-electron chi connectivity index (χ1n) is 9.89. The van der Waals surface area contributed by atoms with Gasteiger partial charge >= 0.3 is 5.97 Å². The average Bonchev–Trinajstić information content (AvgIpc) is 3.21. The highest BCUT2D eigenvalue weighted by Crippen LogP contribution is 2.24. The number of carboxylic acids is 1. The number of aliphatic carboxylic acids is 1. The zero-order chi connectivity index (χ0) is 22.5. The first-order chi connectivity index (χ1) is 15.5. The summed E-state index contributed by atoms with van der Waals surface area (Å²) < 4.78 is 1.21. The van der Waals surface area contributed by atoms with Crippen molar-refractivity contribution < 1.29 is 19.8 Å². The Labute approximate surface area is 183 Å². The van der Waals surface area contributed by atoms with Crippen molar-refractivity contribution in [1.82, 2.24) is 20.1 Å². The summed E-state index contributed by atoms with van der Waals surface area (Å²) in [6.07, 6.45) is 2.78. The second-order valence-electron chi connectivity index (χ2n) is 7.12. The molecule has 1 unspecified atom stereocenters. The molecule has 0 fully saturated rings. The van der Waals surface area contributed by atoms with Crippen molar-refractivity contribution in [3.8, 4) is 22.7 Å². The number of aromatic hydroxyl groups is 1. The zero-order valence-corrected chi connectivity index (χ0v) is 16.9. The van der Waals surface area contributed by atoms with E-state index in [9.17, 15) is 19.8 Å². The number of hydrogen-bond acceptors (Lipinski definition) is 5. The lowest BCUT2D eigenvalue weighted by Gasteiger charge is -2.17. The largest absolute Gasteiger partial charge is 0.493 e. The Morgan fingerprint density at radius 3 is 2.25 bits per heavy atom. The molecular weight excluding hydrogens is 408 g/mol. The minimum absolute atomic E-state index is 0.0318. The molecule has 2 aromatic heterocycles. The van der Waals surface area contributed by atoms with Gasteiger partial charge in [0.15, 0.2) is 5.69 Å². The van der Waals surface area contributed by atoms with Gasteiger partial charge in [-0.2, -0.15) is 5.10 Å². The summed E-state index contributed by atoms with van der Waals surface area (Å²) >= 11 is 0. The molecule has 160 valence electrons. The molecule has 32 heavy (non-hydrogen) atoms. The van der Waals surface area contributed by atoms with E-state index in [-0.39, 0.29) is 18.0 Å². The van der Waals surface area contributed by atoms with Crippen LogP contribution in [-0.2, 0) is 4.79 Å². The van der Waals surface area contributed by atoms with Crippen molar-refractivity contribution in [1.29, 1.82) is 0 Å². The van der Waals surface area contributed by atoms with E-state index in [0.29, 0.717) is 11.3 Å². The monoisotopic (exact) mass is 428 g/mol. The predicted octanol–water partition coefficient (Wildman–Crippen LogP) is 3.59. The molecule has 4 aromatic rings. The smallest absolute Gasteiger partial charge is 0.305 e. The lowest BCUT2D eigenvalue weighted by molar-refractivity contribution is -0.137. The third-order valence-electron chi connectivity index (χ3n) is 4.93. The third-order valence-corrected chi connectivity index (χ3v) is 4.93. The molecule has 8 nitrogen and oxygen atoms in total. The Kier molecular flexibility index (Phi) is 5.94. The van der Waals surface area contributed by atoms with E-state index in [1.807, 2.05) is 42.5 Å². The van der Waals surface area contributed by atoms with Gasteiger partial charge in [-0.15, -0.1) is 0 Å². The minimum atomic E-state index is -1.05. The molecule has 0 spiro atoms. The molecule has 0 saturated heterocycles. The van der Waals surface area contributed by atoms with Crippen LogP contribution in [0.2, 0.25) is 0 Å². The van der Waals surface area contributed by atoms with E-state index in [4.69, 9.17) is 0 Å². The summed E-state index contributed by atoms with van der Waals surface area (Å²) in [6, 6.07) is 20.9. The zero-order valence-electron chi connectivity index (χ0n) is 16.9. The fraction of sp³-hybridized carbons (Fsp3) is 0.0833. The fourth-order valence-corrected chi connectivity index (χ4v) is 3.35. The van der Waals surface area contributed by atoms with Gasteiger partial charge in [0.25, 0.3) is 5.91 Å². The number of pyridine rings is 1. The maximum atomic E-state index is 12.8. The van der Waals surface area contributed by atoms with E-state index in [1.54, 1.807) is 24.3 Å². The predicted molar refractivity (Wildman–Crippen MR) is 117 cm³/mol. The van der Waals surface area contributed by atoms with Crippen LogP contribution in [0.3, 0.4) is 0 Å². The topological polar surface area (TPSA) is 117 Å². The van der Waals surface area contributed by atoms with Crippen LogP contribution in [-0.4, -0.2) is 36.9 Å². The van der Waals surface area contributed by atoms with Crippen LogP contribution in [0, 0.1) is 0 Å². The molecule has 0 aliphatic rings. The van der Waals surface area contributed by atoms with E-state index in [0.717, 1.165) is 11.1 Å². The number of aromatic nitrogens is 3. The quantitative estimate of drug-likeness (QED) is 0.414. The molecular formula is C24H20N4O4. The maximum Gasteiger partial charge on any atom is 0.305 e. The van der Waals surface area contributed by atoms with Crippen molar-refractivity contribution in [2.24, 2.45) is 0 Å². The number of carboxylic acid groups (broad SMARTS) is 1. The third kappa shape index (κ3) is 4.65. The number of nitrogens with one attached hydrogen (secondary N) is 1. The molecule has 2 heterocycles. The highest BCUT2D eigenvalue weighted by atomic mass is 16.4. The minimum Gasteiger partial charge on any atom is -0.493 e.